The van der Waals surface area contributed by atoms with Crippen molar-refractivity contribution in [2.45, 2.75) is 23.6 Å². The number of hydrogen-bond acceptors (Lipinski definition) is 3. The molecule has 0 fully saturated rings. The van der Waals surface area contributed by atoms with E-state index in [0.29, 0.717) is 5.69 Å². The van der Waals surface area contributed by atoms with Crippen LogP contribution < -0.4 is 10.5 Å². The summed E-state index contributed by atoms with van der Waals surface area (Å²) in [6.07, 6.45) is 0. The first-order valence-electron chi connectivity index (χ1n) is 5.89. The molecule has 0 unspecified atom stereocenters. The van der Waals surface area contributed by atoms with Gasteiger partial charge in [-0.1, -0.05) is 29.5 Å². The highest BCUT2D eigenvalue weighted by Crippen LogP contribution is 2.37. The minimum absolute atomic E-state index is 0.210. The first-order valence-corrected chi connectivity index (χ1v) is 6.71. The van der Waals surface area contributed by atoms with Crippen molar-refractivity contribution in [3.8, 4) is 5.75 Å². The number of halogens is 1. The molecule has 4 heteroatoms. The van der Waals surface area contributed by atoms with Crippen LogP contribution in [0.5, 0.6) is 5.75 Å². The second kappa shape index (κ2) is 5.53. The van der Waals surface area contributed by atoms with Crippen LogP contribution in [-0.4, -0.2) is 7.11 Å². The van der Waals surface area contributed by atoms with Gasteiger partial charge >= 0.3 is 0 Å². The number of nitrogens with two attached hydrogens (primary N) is 1. The van der Waals surface area contributed by atoms with Crippen molar-refractivity contribution in [3.05, 3.63) is 47.3 Å². The fourth-order valence-electron chi connectivity index (χ4n) is 1.83. The van der Waals surface area contributed by atoms with Crippen molar-refractivity contribution in [2.75, 3.05) is 12.8 Å². The zero-order valence-electron chi connectivity index (χ0n) is 11.2. The average Bonchev–Trinajstić information content (AvgIpc) is 2.35. The lowest BCUT2D eigenvalue weighted by Gasteiger charge is -2.11. The molecular formula is C15H16FNOS. The molecular weight excluding hydrogens is 261 g/mol. The Morgan fingerprint density at radius 1 is 1.11 bits per heavy atom. The fraction of sp³-hybridized carbons (Fsp3) is 0.200. The van der Waals surface area contributed by atoms with Gasteiger partial charge in [-0.05, 0) is 31.5 Å². The van der Waals surface area contributed by atoms with E-state index in [4.69, 9.17) is 10.5 Å². The Morgan fingerprint density at radius 2 is 1.84 bits per heavy atom. The maximum atomic E-state index is 13.5. The van der Waals surface area contributed by atoms with Gasteiger partial charge in [0.2, 0.25) is 0 Å². The van der Waals surface area contributed by atoms with E-state index in [1.807, 2.05) is 19.1 Å². The molecule has 0 atom stereocenters. The summed E-state index contributed by atoms with van der Waals surface area (Å²) in [6.45, 7) is 4.10. The number of ether oxygens (including phenoxy) is 1. The molecule has 2 aromatic rings. The molecule has 19 heavy (non-hydrogen) atoms. The van der Waals surface area contributed by atoms with Crippen molar-refractivity contribution in [1.82, 2.24) is 0 Å². The van der Waals surface area contributed by atoms with Gasteiger partial charge < -0.3 is 10.5 Å². The van der Waals surface area contributed by atoms with Gasteiger partial charge in [-0.15, -0.1) is 0 Å². The third-order valence-electron chi connectivity index (χ3n) is 2.83. The Morgan fingerprint density at radius 3 is 2.47 bits per heavy atom. The Hall–Kier alpha value is -1.68. The van der Waals surface area contributed by atoms with Crippen LogP contribution in [0.1, 0.15) is 11.1 Å². The SMILES string of the molecule is COc1cc(Sc2ccc(C)cc2C)c(N)cc1F. The monoisotopic (exact) mass is 277 g/mol. The van der Waals surface area contributed by atoms with Crippen molar-refractivity contribution >= 4 is 17.4 Å². The molecule has 0 saturated heterocycles. The van der Waals surface area contributed by atoms with Gasteiger partial charge in [0.1, 0.15) is 0 Å². The summed E-state index contributed by atoms with van der Waals surface area (Å²) in [5, 5.41) is 0. The third kappa shape index (κ3) is 3.01. The smallest absolute Gasteiger partial charge is 0.167 e. The highest BCUT2D eigenvalue weighted by Gasteiger charge is 2.10. The van der Waals surface area contributed by atoms with Crippen molar-refractivity contribution in [3.63, 3.8) is 0 Å². The molecule has 0 heterocycles. The summed E-state index contributed by atoms with van der Waals surface area (Å²) in [4.78, 5) is 1.90. The second-order valence-corrected chi connectivity index (χ2v) is 5.48. The summed E-state index contributed by atoms with van der Waals surface area (Å²) in [5.74, 6) is -0.230. The number of anilines is 1. The Kier molecular flexibility index (Phi) is 4.00. The number of methoxy groups -OCH3 is 1. The van der Waals surface area contributed by atoms with E-state index < -0.39 is 5.82 Å². The zero-order valence-corrected chi connectivity index (χ0v) is 12.0. The summed E-state index contributed by atoms with van der Waals surface area (Å²) in [5.41, 5.74) is 8.66. The predicted octanol–water partition coefficient (Wildman–Crippen LogP) is 4.18. The number of benzene rings is 2. The first kappa shape index (κ1) is 13.7. The minimum atomic E-state index is -0.440. The molecule has 0 aliphatic carbocycles. The topological polar surface area (TPSA) is 35.2 Å². The molecule has 100 valence electrons. The van der Waals surface area contributed by atoms with E-state index in [0.717, 1.165) is 9.79 Å². The Balaban J connectivity index is 2.37. The molecule has 2 aromatic carbocycles. The number of nitrogen functional groups attached to an aromatic ring is 1. The quantitative estimate of drug-likeness (QED) is 0.855. The van der Waals surface area contributed by atoms with E-state index >= 15 is 0 Å². The van der Waals surface area contributed by atoms with Crippen LogP contribution in [0.4, 0.5) is 10.1 Å². The Bertz CT molecular complexity index is 613. The second-order valence-electron chi connectivity index (χ2n) is 4.40. The number of hydrogen-bond donors (Lipinski definition) is 1. The zero-order chi connectivity index (χ0) is 14.0. The van der Waals surface area contributed by atoms with Crippen LogP contribution in [0.2, 0.25) is 0 Å². The van der Waals surface area contributed by atoms with Gasteiger partial charge in [0.25, 0.3) is 0 Å². The molecule has 0 radical (unpaired) electrons. The predicted molar refractivity (Wildman–Crippen MR) is 77.4 cm³/mol. The van der Waals surface area contributed by atoms with E-state index in [-0.39, 0.29) is 5.75 Å². The van der Waals surface area contributed by atoms with Gasteiger partial charge in [-0.2, -0.15) is 0 Å². The third-order valence-corrected chi connectivity index (χ3v) is 4.09. The lowest BCUT2D eigenvalue weighted by atomic mass is 10.2. The van der Waals surface area contributed by atoms with Gasteiger partial charge in [-0.3, -0.25) is 0 Å². The molecule has 0 bridgehead atoms. The summed E-state index contributed by atoms with van der Waals surface area (Å²) in [6, 6.07) is 9.13. The first-order chi connectivity index (χ1) is 9.01. The molecule has 0 saturated carbocycles. The Labute approximate surface area is 116 Å². The summed E-state index contributed by atoms with van der Waals surface area (Å²) in [7, 11) is 1.44. The van der Waals surface area contributed by atoms with Gasteiger partial charge in [-0.25, -0.2) is 4.39 Å². The van der Waals surface area contributed by atoms with Crippen LogP contribution in [0.15, 0.2) is 40.1 Å². The van der Waals surface area contributed by atoms with Crippen molar-refractivity contribution in [1.29, 1.82) is 0 Å². The molecule has 2 rings (SSSR count). The maximum Gasteiger partial charge on any atom is 0.167 e. The molecule has 0 spiro atoms. The van der Waals surface area contributed by atoms with Crippen LogP contribution in [-0.2, 0) is 0 Å². The van der Waals surface area contributed by atoms with E-state index in [9.17, 15) is 4.39 Å². The minimum Gasteiger partial charge on any atom is -0.494 e. The lowest BCUT2D eigenvalue weighted by molar-refractivity contribution is 0.385. The molecule has 0 aliphatic rings. The summed E-state index contributed by atoms with van der Waals surface area (Å²) >= 11 is 1.52. The van der Waals surface area contributed by atoms with Crippen LogP contribution in [0.25, 0.3) is 0 Å². The highest BCUT2D eigenvalue weighted by molar-refractivity contribution is 7.99. The van der Waals surface area contributed by atoms with Gasteiger partial charge in [0.15, 0.2) is 11.6 Å². The van der Waals surface area contributed by atoms with Crippen molar-refractivity contribution in [2.24, 2.45) is 0 Å². The molecule has 0 aromatic heterocycles. The fourth-order valence-corrected chi connectivity index (χ4v) is 2.76. The standard InChI is InChI=1S/C15H16FNOS/c1-9-4-5-14(10(2)6-9)19-15-8-13(18-3)11(16)7-12(15)17/h4-8H,17H2,1-3H3. The summed E-state index contributed by atoms with van der Waals surface area (Å²) < 4.78 is 18.5. The van der Waals surface area contributed by atoms with Gasteiger partial charge in [0, 0.05) is 21.5 Å². The van der Waals surface area contributed by atoms with Crippen molar-refractivity contribution < 1.29 is 9.13 Å². The molecule has 2 N–H and O–H groups in total. The number of rotatable bonds is 3. The van der Waals surface area contributed by atoms with E-state index in [1.165, 1.54) is 36.1 Å². The highest BCUT2D eigenvalue weighted by atomic mass is 32.2. The van der Waals surface area contributed by atoms with Crippen LogP contribution in [0, 0.1) is 19.7 Å². The number of aryl methyl sites for hydroxylation is 2. The average molecular weight is 277 g/mol. The lowest BCUT2D eigenvalue weighted by Crippen LogP contribution is -1.94. The molecule has 0 aliphatic heterocycles. The normalized spacial score (nSPS) is 10.5. The molecule has 0 amide bonds. The molecule has 2 nitrogen and oxygen atoms in total. The van der Waals surface area contributed by atoms with Crippen LogP contribution >= 0.6 is 11.8 Å². The maximum absolute atomic E-state index is 13.5. The van der Waals surface area contributed by atoms with E-state index in [2.05, 4.69) is 13.0 Å². The van der Waals surface area contributed by atoms with Gasteiger partial charge in [0.05, 0.1) is 7.11 Å². The van der Waals surface area contributed by atoms with E-state index in [1.54, 1.807) is 6.07 Å². The van der Waals surface area contributed by atoms with Crippen LogP contribution in [0.3, 0.4) is 0 Å². The largest absolute Gasteiger partial charge is 0.494 e.